The van der Waals surface area contributed by atoms with Gasteiger partial charge in [-0.1, -0.05) is 44.7 Å². The van der Waals surface area contributed by atoms with Gasteiger partial charge in [-0.2, -0.15) is 0 Å². The molecular formula is C17H24N2O. The molecule has 0 amide bonds. The summed E-state index contributed by atoms with van der Waals surface area (Å²) in [6, 6.07) is 9.13. The van der Waals surface area contributed by atoms with E-state index < -0.39 is 0 Å². The molecule has 1 saturated heterocycles. The van der Waals surface area contributed by atoms with Gasteiger partial charge in [0.25, 0.3) is 0 Å². The van der Waals surface area contributed by atoms with Crippen molar-refractivity contribution >= 4 is 6.29 Å². The lowest BCUT2D eigenvalue weighted by Crippen LogP contribution is -2.34. The fourth-order valence-electron chi connectivity index (χ4n) is 2.77. The topological polar surface area (TPSA) is 41.1 Å². The molecule has 0 aromatic heterocycles. The van der Waals surface area contributed by atoms with Crippen LogP contribution in [0.1, 0.15) is 37.8 Å². The average molecular weight is 272 g/mol. The number of hydrogen-bond donors (Lipinski definition) is 2. The Balaban J connectivity index is 2.10. The zero-order chi connectivity index (χ0) is 14.7. The Labute approximate surface area is 121 Å². The van der Waals surface area contributed by atoms with Crippen LogP contribution in [-0.4, -0.2) is 18.4 Å². The van der Waals surface area contributed by atoms with E-state index in [-0.39, 0.29) is 6.04 Å². The monoisotopic (exact) mass is 272 g/mol. The van der Waals surface area contributed by atoms with Gasteiger partial charge < -0.3 is 0 Å². The molecule has 3 heteroatoms. The highest BCUT2D eigenvalue weighted by Crippen LogP contribution is 2.24. The van der Waals surface area contributed by atoms with Crippen molar-refractivity contribution in [3.05, 3.63) is 47.5 Å². The van der Waals surface area contributed by atoms with Gasteiger partial charge in [0.05, 0.1) is 6.04 Å². The summed E-state index contributed by atoms with van der Waals surface area (Å²) in [4.78, 5) is 10.9. The number of hydrogen-bond acceptors (Lipinski definition) is 3. The number of aldehydes is 1. The van der Waals surface area contributed by atoms with Crippen LogP contribution in [0, 0.1) is 5.92 Å². The standard InChI is InChI=1S/C17H24N2O/c1-11(2)15-7-5-14(6-8-15)9-16-13(4)18-19-17(16)12(3)10-20/h5-8,10-11,13,16-19H,3,9H2,1-2,4H3. The molecule has 3 atom stereocenters. The van der Waals surface area contributed by atoms with Crippen molar-refractivity contribution < 1.29 is 4.79 Å². The normalized spacial score (nSPS) is 25.9. The molecular weight excluding hydrogens is 248 g/mol. The van der Waals surface area contributed by atoms with Crippen molar-refractivity contribution in [3.8, 4) is 0 Å². The minimum absolute atomic E-state index is 0.0206. The molecule has 2 N–H and O–H groups in total. The molecule has 20 heavy (non-hydrogen) atoms. The minimum Gasteiger partial charge on any atom is -0.298 e. The third-order valence-corrected chi connectivity index (χ3v) is 4.21. The number of rotatable bonds is 5. The summed E-state index contributed by atoms with van der Waals surface area (Å²) in [6.45, 7) is 10.4. The summed E-state index contributed by atoms with van der Waals surface area (Å²) >= 11 is 0. The second-order valence-corrected chi connectivity index (χ2v) is 6.01. The van der Waals surface area contributed by atoms with Crippen molar-refractivity contribution in [1.29, 1.82) is 0 Å². The average Bonchev–Trinajstić information content (AvgIpc) is 2.80. The van der Waals surface area contributed by atoms with Crippen LogP contribution in [0.15, 0.2) is 36.4 Å². The van der Waals surface area contributed by atoms with Gasteiger partial charge >= 0.3 is 0 Å². The smallest absolute Gasteiger partial charge is 0.147 e. The minimum atomic E-state index is 0.0206. The molecule has 1 aromatic carbocycles. The van der Waals surface area contributed by atoms with E-state index >= 15 is 0 Å². The highest BCUT2D eigenvalue weighted by atomic mass is 16.1. The van der Waals surface area contributed by atoms with Crippen LogP contribution in [0.4, 0.5) is 0 Å². The summed E-state index contributed by atoms with van der Waals surface area (Å²) in [5, 5.41) is 0. The van der Waals surface area contributed by atoms with Crippen LogP contribution in [0.3, 0.4) is 0 Å². The van der Waals surface area contributed by atoms with Gasteiger partial charge in [0, 0.05) is 17.5 Å². The van der Waals surface area contributed by atoms with Gasteiger partial charge in [0.1, 0.15) is 6.29 Å². The third kappa shape index (κ3) is 3.17. The maximum atomic E-state index is 10.9. The Hall–Kier alpha value is -1.45. The lowest BCUT2D eigenvalue weighted by molar-refractivity contribution is -0.105. The molecule has 1 aliphatic heterocycles. The zero-order valence-electron chi connectivity index (χ0n) is 12.5. The SMILES string of the molecule is C=C(C=O)C1NNC(C)C1Cc1ccc(C(C)C)cc1. The quantitative estimate of drug-likeness (QED) is 0.639. The molecule has 3 nitrogen and oxygen atoms in total. The molecule has 0 spiro atoms. The maximum absolute atomic E-state index is 10.9. The Morgan fingerprint density at radius 3 is 2.50 bits per heavy atom. The Kier molecular flexibility index (Phi) is 4.73. The molecule has 0 radical (unpaired) electrons. The van der Waals surface area contributed by atoms with Crippen LogP contribution in [0.5, 0.6) is 0 Å². The van der Waals surface area contributed by atoms with Crippen LogP contribution in [0.25, 0.3) is 0 Å². The first-order valence-corrected chi connectivity index (χ1v) is 7.26. The highest BCUT2D eigenvalue weighted by Gasteiger charge is 2.34. The number of carbonyl (C=O) groups is 1. The third-order valence-electron chi connectivity index (χ3n) is 4.21. The number of carbonyl (C=O) groups excluding carboxylic acids is 1. The van der Waals surface area contributed by atoms with E-state index in [2.05, 4.69) is 62.5 Å². The van der Waals surface area contributed by atoms with E-state index in [1.54, 1.807) is 0 Å². The highest BCUT2D eigenvalue weighted by molar-refractivity contribution is 5.74. The maximum Gasteiger partial charge on any atom is 0.147 e. The van der Waals surface area contributed by atoms with E-state index in [9.17, 15) is 4.79 Å². The van der Waals surface area contributed by atoms with Crippen molar-refractivity contribution in [2.75, 3.05) is 0 Å². The first-order chi connectivity index (χ1) is 9.52. The van der Waals surface area contributed by atoms with Crippen LogP contribution in [-0.2, 0) is 11.2 Å². The van der Waals surface area contributed by atoms with Gasteiger partial charge in [-0.05, 0) is 30.4 Å². The number of hydrazine groups is 1. The van der Waals surface area contributed by atoms with Crippen LogP contribution < -0.4 is 10.9 Å². The predicted molar refractivity (Wildman–Crippen MR) is 82.5 cm³/mol. The van der Waals surface area contributed by atoms with E-state index in [0.29, 0.717) is 23.5 Å². The van der Waals surface area contributed by atoms with Gasteiger partial charge in [-0.15, -0.1) is 0 Å². The fraction of sp³-hybridized carbons (Fsp3) is 0.471. The zero-order valence-corrected chi connectivity index (χ0v) is 12.5. The van der Waals surface area contributed by atoms with Gasteiger partial charge in [-0.25, -0.2) is 5.43 Å². The second kappa shape index (κ2) is 6.33. The van der Waals surface area contributed by atoms with E-state index in [4.69, 9.17) is 0 Å². The fourth-order valence-corrected chi connectivity index (χ4v) is 2.77. The van der Waals surface area contributed by atoms with E-state index in [1.165, 1.54) is 11.1 Å². The summed E-state index contributed by atoms with van der Waals surface area (Å²) in [5.41, 5.74) is 9.67. The molecule has 0 bridgehead atoms. The van der Waals surface area contributed by atoms with Crippen molar-refractivity contribution in [2.24, 2.45) is 5.92 Å². The Morgan fingerprint density at radius 1 is 1.30 bits per heavy atom. The van der Waals surface area contributed by atoms with Crippen LogP contribution >= 0.6 is 0 Å². The van der Waals surface area contributed by atoms with E-state index in [1.807, 2.05) is 0 Å². The van der Waals surface area contributed by atoms with E-state index in [0.717, 1.165) is 12.7 Å². The summed E-state index contributed by atoms with van der Waals surface area (Å²) in [6.07, 6.45) is 1.79. The van der Waals surface area contributed by atoms with Gasteiger partial charge in [-0.3, -0.25) is 10.2 Å². The summed E-state index contributed by atoms with van der Waals surface area (Å²) in [7, 11) is 0. The molecule has 1 aromatic rings. The molecule has 108 valence electrons. The molecule has 3 unspecified atom stereocenters. The van der Waals surface area contributed by atoms with Crippen molar-refractivity contribution in [3.63, 3.8) is 0 Å². The second-order valence-electron chi connectivity index (χ2n) is 6.01. The Bertz CT molecular complexity index is 478. The Morgan fingerprint density at radius 2 is 1.95 bits per heavy atom. The number of nitrogens with one attached hydrogen (secondary N) is 2. The predicted octanol–water partition coefficient (Wildman–Crippen LogP) is 2.59. The van der Waals surface area contributed by atoms with Gasteiger partial charge in [0.2, 0.25) is 0 Å². The molecule has 1 fully saturated rings. The van der Waals surface area contributed by atoms with Gasteiger partial charge in [0.15, 0.2) is 0 Å². The first kappa shape index (κ1) is 14.9. The molecule has 0 saturated carbocycles. The van der Waals surface area contributed by atoms with Crippen molar-refractivity contribution in [1.82, 2.24) is 10.9 Å². The number of benzene rings is 1. The first-order valence-electron chi connectivity index (χ1n) is 7.26. The lowest BCUT2D eigenvalue weighted by atomic mass is 9.85. The molecule has 1 aliphatic rings. The summed E-state index contributed by atoms with van der Waals surface area (Å²) in [5.74, 6) is 0.901. The summed E-state index contributed by atoms with van der Waals surface area (Å²) < 4.78 is 0. The molecule has 2 rings (SSSR count). The largest absolute Gasteiger partial charge is 0.298 e. The molecule has 0 aliphatic carbocycles. The van der Waals surface area contributed by atoms with Crippen molar-refractivity contribution in [2.45, 2.75) is 45.2 Å². The lowest BCUT2D eigenvalue weighted by Gasteiger charge is -2.21. The molecule has 1 heterocycles. The van der Waals surface area contributed by atoms with Crippen LogP contribution in [0.2, 0.25) is 0 Å².